The number of ether oxygens (including phenoxy) is 1. The number of hydrogen-bond donors (Lipinski definition) is 1. The number of nitrogens with two attached hydrogens (primary N) is 1. The Bertz CT molecular complexity index is 330. The maximum absolute atomic E-state index is 10.4. The van der Waals surface area contributed by atoms with Crippen LogP contribution in [0.3, 0.4) is 0 Å². The molecule has 6 heteroatoms. The van der Waals surface area contributed by atoms with Crippen LogP contribution in [0.5, 0.6) is 5.75 Å². The zero-order valence-electron chi connectivity index (χ0n) is 7.60. The van der Waals surface area contributed by atoms with Crippen LogP contribution in [0.2, 0.25) is 0 Å². The van der Waals surface area contributed by atoms with Gasteiger partial charge < -0.3 is 10.5 Å². The summed E-state index contributed by atoms with van der Waals surface area (Å²) >= 11 is 0. The summed E-state index contributed by atoms with van der Waals surface area (Å²) in [5.41, 5.74) is 5.92. The van der Waals surface area contributed by atoms with Crippen LogP contribution in [-0.2, 0) is 0 Å². The van der Waals surface area contributed by atoms with Crippen molar-refractivity contribution in [3.8, 4) is 5.75 Å². The Morgan fingerprint density at radius 1 is 1.57 bits per heavy atom. The van der Waals surface area contributed by atoms with Crippen LogP contribution in [0.15, 0.2) is 18.2 Å². The molecule has 0 fully saturated rings. The minimum absolute atomic E-state index is 0. The Hall–Kier alpha value is -1.49. The second-order valence-electron chi connectivity index (χ2n) is 2.41. The van der Waals surface area contributed by atoms with Gasteiger partial charge in [-0.15, -0.1) is 12.4 Å². The van der Waals surface area contributed by atoms with Crippen LogP contribution in [0, 0.1) is 10.1 Å². The van der Waals surface area contributed by atoms with Gasteiger partial charge in [-0.05, 0) is 13.0 Å². The molecule has 1 aromatic rings. The van der Waals surface area contributed by atoms with Crippen LogP contribution >= 0.6 is 12.4 Å². The lowest BCUT2D eigenvalue weighted by Crippen LogP contribution is -1.98. The van der Waals surface area contributed by atoms with Crippen molar-refractivity contribution in [2.24, 2.45) is 0 Å². The molecule has 1 rings (SSSR count). The molecule has 78 valence electrons. The van der Waals surface area contributed by atoms with E-state index in [9.17, 15) is 10.1 Å². The van der Waals surface area contributed by atoms with Gasteiger partial charge in [0, 0.05) is 6.07 Å². The summed E-state index contributed by atoms with van der Waals surface area (Å²) in [7, 11) is 0. The second kappa shape index (κ2) is 5.29. The first kappa shape index (κ1) is 12.5. The highest BCUT2D eigenvalue weighted by Gasteiger charge is 2.09. The van der Waals surface area contributed by atoms with Gasteiger partial charge in [-0.3, -0.25) is 10.1 Å². The van der Waals surface area contributed by atoms with Crippen LogP contribution < -0.4 is 10.5 Å². The average Bonchev–Trinajstić information content (AvgIpc) is 2.08. The highest BCUT2D eigenvalue weighted by molar-refractivity contribution is 5.85. The van der Waals surface area contributed by atoms with Gasteiger partial charge in [-0.1, -0.05) is 0 Å². The number of hydrogen-bond acceptors (Lipinski definition) is 4. The van der Waals surface area contributed by atoms with E-state index in [4.69, 9.17) is 10.5 Å². The lowest BCUT2D eigenvalue weighted by molar-refractivity contribution is -0.384. The first-order valence-electron chi connectivity index (χ1n) is 3.82. The topological polar surface area (TPSA) is 78.4 Å². The van der Waals surface area contributed by atoms with Gasteiger partial charge in [0.15, 0.2) is 0 Å². The van der Waals surface area contributed by atoms with Crippen molar-refractivity contribution in [3.63, 3.8) is 0 Å². The monoisotopic (exact) mass is 218 g/mol. The van der Waals surface area contributed by atoms with Gasteiger partial charge in [-0.25, -0.2) is 0 Å². The molecule has 0 amide bonds. The fourth-order valence-electron chi connectivity index (χ4n) is 0.917. The minimum atomic E-state index is -0.484. The molecule has 0 aliphatic rings. The molecule has 0 saturated heterocycles. The van der Waals surface area contributed by atoms with E-state index >= 15 is 0 Å². The number of nitro groups is 1. The number of non-ortho nitro benzene ring substituents is 1. The summed E-state index contributed by atoms with van der Waals surface area (Å²) < 4.78 is 5.10. The minimum Gasteiger partial charge on any atom is -0.491 e. The molecule has 2 N–H and O–H groups in total. The Balaban J connectivity index is 0.00000169. The van der Waals surface area contributed by atoms with Crippen molar-refractivity contribution in [1.82, 2.24) is 0 Å². The molecule has 0 aliphatic carbocycles. The number of nitro benzene ring substituents is 1. The van der Waals surface area contributed by atoms with Gasteiger partial charge in [0.05, 0.1) is 23.3 Å². The Morgan fingerprint density at radius 3 is 2.71 bits per heavy atom. The fraction of sp³-hybridized carbons (Fsp3) is 0.250. The van der Waals surface area contributed by atoms with E-state index in [1.54, 1.807) is 6.92 Å². The summed E-state index contributed by atoms with van der Waals surface area (Å²) in [5, 5.41) is 10.4. The van der Waals surface area contributed by atoms with Gasteiger partial charge >= 0.3 is 0 Å². The third-order valence-corrected chi connectivity index (χ3v) is 1.51. The third kappa shape index (κ3) is 2.77. The van der Waals surface area contributed by atoms with Crippen LogP contribution in [0.4, 0.5) is 11.4 Å². The van der Waals surface area contributed by atoms with Crippen LogP contribution in [-0.4, -0.2) is 11.5 Å². The van der Waals surface area contributed by atoms with E-state index in [1.165, 1.54) is 18.2 Å². The summed E-state index contributed by atoms with van der Waals surface area (Å²) in [6.45, 7) is 2.23. The highest BCUT2D eigenvalue weighted by Crippen LogP contribution is 2.26. The summed E-state index contributed by atoms with van der Waals surface area (Å²) in [5.74, 6) is 0.358. The Labute approximate surface area is 87.4 Å². The second-order valence-corrected chi connectivity index (χ2v) is 2.41. The lowest BCUT2D eigenvalue weighted by Gasteiger charge is -2.05. The van der Waals surface area contributed by atoms with E-state index in [0.29, 0.717) is 18.0 Å². The quantitative estimate of drug-likeness (QED) is 0.478. The van der Waals surface area contributed by atoms with Gasteiger partial charge in [0.1, 0.15) is 5.75 Å². The molecule has 0 heterocycles. The number of anilines is 1. The fourth-order valence-corrected chi connectivity index (χ4v) is 0.917. The molecule has 0 unspecified atom stereocenters. The predicted molar refractivity (Wildman–Crippen MR) is 55.9 cm³/mol. The molecule has 0 spiro atoms. The third-order valence-electron chi connectivity index (χ3n) is 1.51. The van der Waals surface area contributed by atoms with Crippen molar-refractivity contribution in [2.75, 3.05) is 12.3 Å². The molecule has 0 radical (unpaired) electrons. The van der Waals surface area contributed by atoms with Gasteiger partial charge in [0.2, 0.25) is 0 Å². The van der Waals surface area contributed by atoms with Crippen molar-refractivity contribution < 1.29 is 9.66 Å². The van der Waals surface area contributed by atoms with E-state index in [-0.39, 0.29) is 18.1 Å². The van der Waals surface area contributed by atoms with E-state index in [1.807, 2.05) is 0 Å². The molecule has 1 aromatic carbocycles. The zero-order chi connectivity index (χ0) is 9.84. The standard InChI is InChI=1S/C8H10N2O3.ClH/c1-2-13-8-5-6(10(11)12)3-4-7(8)9;/h3-5H,2,9H2,1H3;1H. The van der Waals surface area contributed by atoms with E-state index in [0.717, 1.165) is 0 Å². The predicted octanol–water partition coefficient (Wildman–Crippen LogP) is 2.00. The van der Waals surface area contributed by atoms with Crippen molar-refractivity contribution >= 4 is 23.8 Å². The van der Waals surface area contributed by atoms with Crippen molar-refractivity contribution in [2.45, 2.75) is 6.92 Å². The van der Waals surface area contributed by atoms with Crippen molar-refractivity contribution in [1.29, 1.82) is 0 Å². The molecule has 0 saturated carbocycles. The highest BCUT2D eigenvalue weighted by atomic mass is 35.5. The molecule has 0 aromatic heterocycles. The number of benzene rings is 1. The van der Waals surface area contributed by atoms with Crippen molar-refractivity contribution in [3.05, 3.63) is 28.3 Å². The van der Waals surface area contributed by atoms with E-state index in [2.05, 4.69) is 0 Å². The number of nitrogens with zero attached hydrogens (tertiary/aromatic N) is 1. The number of nitrogen functional groups attached to an aromatic ring is 1. The SMILES string of the molecule is CCOc1cc([N+](=O)[O-])ccc1N.Cl. The molecule has 0 atom stereocenters. The Morgan fingerprint density at radius 2 is 2.21 bits per heavy atom. The Kier molecular flexibility index (Phi) is 4.72. The number of rotatable bonds is 3. The first-order valence-corrected chi connectivity index (χ1v) is 3.82. The van der Waals surface area contributed by atoms with Crippen LogP contribution in [0.25, 0.3) is 0 Å². The molecular weight excluding hydrogens is 208 g/mol. The lowest BCUT2D eigenvalue weighted by atomic mass is 10.2. The molecule has 0 aliphatic heterocycles. The maximum Gasteiger partial charge on any atom is 0.273 e. The van der Waals surface area contributed by atoms with E-state index < -0.39 is 4.92 Å². The average molecular weight is 219 g/mol. The smallest absolute Gasteiger partial charge is 0.273 e. The molecule has 0 bridgehead atoms. The molecule has 5 nitrogen and oxygen atoms in total. The normalized spacial score (nSPS) is 8.93. The number of halogens is 1. The largest absolute Gasteiger partial charge is 0.491 e. The van der Waals surface area contributed by atoms with Gasteiger partial charge in [0.25, 0.3) is 5.69 Å². The van der Waals surface area contributed by atoms with Gasteiger partial charge in [-0.2, -0.15) is 0 Å². The summed E-state index contributed by atoms with van der Waals surface area (Å²) in [4.78, 5) is 9.89. The first-order chi connectivity index (χ1) is 6.15. The zero-order valence-corrected chi connectivity index (χ0v) is 8.41. The molecular formula is C8H11ClN2O3. The molecule has 14 heavy (non-hydrogen) atoms. The summed E-state index contributed by atoms with van der Waals surface area (Å²) in [6.07, 6.45) is 0. The summed E-state index contributed by atoms with van der Waals surface area (Å²) in [6, 6.07) is 4.12. The maximum atomic E-state index is 10.4. The van der Waals surface area contributed by atoms with Crippen LogP contribution in [0.1, 0.15) is 6.92 Å².